The summed E-state index contributed by atoms with van der Waals surface area (Å²) >= 11 is 0. The van der Waals surface area contributed by atoms with Crippen LogP contribution in [-0.2, 0) is 6.54 Å². The van der Waals surface area contributed by atoms with E-state index in [-0.39, 0.29) is 5.91 Å². The van der Waals surface area contributed by atoms with Crippen molar-refractivity contribution in [1.82, 2.24) is 19.9 Å². The molecule has 0 spiro atoms. The highest BCUT2D eigenvalue weighted by Crippen LogP contribution is 2.19. The molecule has 6 nitrogen and oxygen atoms in total. The summed E-state index contributed by atoms with van der Waals surface area (Å²) in [5, 5.41) is 8.01. The Kier molecular flexibility index (Phi) is 4.56. The van der Waals surface area contributed by atoms with Gasteiger partial charge in [-0.05, 0) is 18.2 Å². The van der Waals surface area contributed by atoms with E-state index in [1.165, 1.54) is 0 Å². The molecule has 0 fully saturated rings. The zero-order valence-electron chi connectivity index (χ0n) is 13.6. The largest absolute Gasteiger partial charge is 0.496 e. The number of para-hydroxylation sites is 2. The quantitative estimate of drug-likeness (QED) is 0.724. The van der Waals surface area contributed by atoms with Crippen LogP contribution < -0.4 is 4.74 Å². The van der Waals surface area contributed by atoms with Crippen LogP contribution in [0.25, 0.3) is 5.69 Å². The number of aromatic nitrogens is 3. The second kappa shape index (κ2) is 6.95. The van der Waals surface area contributed by atoms with Gasteiger partial charge in [0.1, 0.15) is 5.75 Å². The number of ether oxygens (including phenoxy) is 1. The van der Waals surface area contributed by atoms with Gasteiger partial charge in [0.25, 0.3) is 5.91 Å². The van der Waals surface area contributed by atoms with Gasteiger partial charge in [-0.2, -0.15) is 0 Å². The second-order valence-electron chi connectivity index (χ2n) is 5.36. The molecule has 24 heavy (non-hydrogen) atoms. The van der Waals surface area contributed by atoms with Crippen molar-refractivity contribution in [1.29, 1.82) is 0 Å². The molecule has 122 valence electrons. The van der Waals surface area contributed by atoms with E-state index in [4.69, 9.17) is 4.74 Å². The lowest BCUT2D eigenvalue weighted by Crippen LogP contribution is -2.26. The number of hydrogen-bond acceptors (Lipinski definition) is 4. The summed E-state index contributed by atoms with van der Waals surface area (Å²) in [6, 6.07) is 17.2. The molecule has 6 heteroatoms. The Hall–Kier alpha value is -3.15. The van der Waals surface area contributed by atoms with Gasteiger partial charge in [0.15, 0.2) is 5.69 Å². The first-order valence-corrected chi connectivity index (χ1v) is 7.54. The lowest BCUT2D eigenvalue weighted by molar-refractivity contribution is 0.0778. The predicted octanol–water partition coefficient (Wildman–Crippen LogP) is 2.55. The lowest BCUT2D eigenvalue weighted by atomic mass is 10.2. The topological polar surface area (TPSA) is 60.2 Å². The Morgan fingerprint density at radius 2 is 1.83 bits per heavy atom. The molecule has 2 aromatic carbocycles. The molecule has 3 aromatic rings. The SMILES string of the molecule is COc1ccccc1CN(C)C(=O)c1cn(-c2ccccc2)nn1. The van der Waals surface area contributed by atoms with Crippen LogP contribution in [0.1, 0.15) is 16.1 Å². The molecule has 3 rings (SSSR count). The number of hydrogen-bond donors (Lipinski definition) is 0. The fourth-order valence-electron chi connectivity index (χ4n) is 2.43. The van der Waals surface area contributed by atoms with E-state index in [2.05, 4.69) is 10.3 Å². The van der Waals surface area contributed by atoms with Crippen LogP contribution in [0.5, 0.6) is 5.75 Å². The zero-order chi connectivity index (χ0) is 16.9. The van der Waals surface area contributed by atoms with E-state index < -0.39 is 0 Å². The lowest BCUT2D eigenvalue weighted by Gasteiger charge is -2.17. The van der Waals surface area contributed by atoms with Crippen molar-refractivity contribution < 1.29 is 9.53 Å². The molecule has 0 N–H and O–H groups in total. The molecule has 0 aliphatic rings. The monoisotopic (exact) mass is 322 g/mol. The fraction of sp³-hybridized carbons (Fsp3) is 0.167. The predicted molar refractivity (Wildman–Crippen MR) is 90.2 cm³/mol. The van der Waals surface area contributed by atoms with Gasteiger partial charge in [0, 0.05) is 19.2 Å². The molecule has 0 aliphatic heterocycles. The van der Waals surface area contributed by atoms with Crippen LogP contribution in [-0.4, -0.2) is 40.0 Å². The first-order valence-electron chi connectivity index (χ1n) is 7.54. The molecule has 0 saturated heterocycles. The van der Waals surface area contributed by atoms with E-state index in [1.807, 2.05) is 54.6 Å². The van der Waals surface area contributed by atoms with Gasteiger partial charge in [-0.3, -0.25) is 4.79 Å². The van der Waals surface area contributed by atoms with Gasteiger partial charge < -0.3 is 9.64 Å². The van der Waals surface area contributed by atoms with E-state index in [0.717, 1.165) is 17.0 Å². The number of nitrogens with zero attached hydrogens (tertiary/aromatic N) is 4. The van der Waals surface area contributed by atoms with Crippen LogP contribution in [0.3, 0.4) is 0 Å². The molecule has 0 saturated carbocycles. The maximum Gasteiger partial charge on any atom is 0.276 e. The van der Waals surface area contributed by atoms with Crippen molar-refractivity contribution in [3.63, 3.8) is 0 Å². The molecule has 1 heterocycles. The molecule has 0 unspecified atom stereocenters. The number of rotatable bonds is 5. The van der Waals surface area contributed by atoms with Crippen LogP contribution in [0.2, 0.25) is 0 Å². The molecule has 1 aromatic heterocycles. The molecule has 0 aliphatic carbocycles. The number of benzene rings is 2. The molecule has 1 amide bonds. The summed E-state index contributed by atoms with van der Waals surface area (Å²) in [6.07, 6.45) is 1.64. The summed E-state index contributed by atoms with van der Waals surface area (Å²) in [7, 11) is 3.35. The molecule has 0 bridgehead atoms. The maximum absolute atomic E-state index is 12.6. The third-order valence-corrected chi connectivity index (χ3v) is 3.68. The fourth-order valence-corrected chi connectivity index (χ4v) is 2.43. The average molecular weight is 322 g/mol. The second-order valence-corrected chi connectivity index (χ2v) is 5.36. The minimum absolute atomic E-state index is 0.192. The average Bonchev–Trinajstić information content (AvgIpc) is 3.12. The Balaban J connectivity index is 1.76. The Bertz CT molecular complexity index is 830. The number of amides is 1. The van der Waals surface area contributed by atoms with Crippen LogP contribution >= 0.6 is 0 Å². The van der Waals surface area contributed by atoms with Crippen molar-refractivity contribution in [3.8, 4) is 11.4 Å². The van der Waals surface area contributed by atoms with Gasteiger partial charge in [-0.25, -0.2) is 4.68 Å². The Labute approximate surface area is 140 Å². The van der Waals surface area contributed by atoms with Gasteiger partial charge in [0.2, 0.25) is 0 Å². The molecular weight excluding hydrogens is 304 g/mol. The van der Waals surface area contributed by atoms with Crippen molar-refractivity contribution in [2.75, 3.05) is 14.2 Å². The van der Waals surface area contributed by atoms with Gasteiger partial charge in [-0.15, -0.1) is 5.10 Å². The third kappa shape index (κ3) is 3.27. The molecule has 0 radical (unpaired) electrons. The first-order chi connectivity index (χ1) is 11.7. The van der Waals surface area contributed by atoms with Crippen molar-refractivity contribution in [2.24, 2.45) is 0 Å². The number of methoxy groups -OCH3 is 1. The van der Waals surface area contributed by atoms with Gasteiger partial charge in [0.05, 0.1) is 19.0 Å². The first kappa shape index (κ1) is 15.7. The summed E-state index contributed by atoms with van der Waals surface area (Å²) in [5.41, 5.74) is 2.10. The zero-order valence-corrected chi connectivity index (χ0v) is 13.6. The third-order valence-electron chi connectivity index (χ3n) is 3.68. The van der Waals surface area contributed by atoms with Crippen LogP contribution in [0.15, 0.2) is 60.8 Å². The highest BCUT2D eigenvalue weighted by molar-refractivity contribution is 5.91. The smallest absolute Gasteiger partial charge is 0.276 e. The van der Waals surface area contributed by atoms with E-state index in [1.54, 1.807) is 29.9 Å². The minimum Gasteiger partial charge on any atom is -0.496 e. The van der Waals surface area contributed by atoms with E-state index in [9.17, 15) is 4.79 Å². The van der Waals surface area contributed by atoms with Crippen molar-refractivity contribution in [3.05, 3.63) is 72.1 Å². The highest BCUT2D eigenvalue weighted by Gasteiger charge is 2.17. The summed E-state index contributed by atoms with van der Waals surface area (Å²) < 4.78 is 6.91. The number of carbonyl (C=O) groups is 1. The highest BCUT2D eigenvalue weighted by atomic mass is 16.5. The standard InChI is InChI=1S/C18H18N4O2/c1-21(12-14-8-6-7-11-17(14)24-2)18(23)16-13-22(20-19-16)15-9-4-3-5-10-15/h3-11,13H,12H2,1-2H3. The summed E-state index contributed by atoms with van der Waals surface area (Å²) in [4.78, 5) is 14.2. The normalized spacial score (nSPS) is 10.4. The Morgan fingerprint density at radius 1 is 1.12 bits per heavy atom. The van der Waals surface area contributed by atoms with E-state index >= 15 is 0 Å². The minimum atomic E-state index is -0.192. The molecular formula is C18H18N4O2. The number of carbonyl (C=O) groups excluding carboxylic acids is 1. The van der Waals surface area contributed by atoms with Crippen LogP contribution in [0.4, 0.5) is 0 Å². The van der Waals surface area contributed by atoms with Crippen molar-refractivity contribution >= 4 is 5.91 Å². The summed E-state index contributed by atoms with van der Waals surface area (Å²) in [5.74, 6) is 0.563. The summed E-state index contributed by atoms with van der Waals surface area (Å²) in [6.45, 7) is 0.432. The van der Waals surface area contributed by atoms with Gasteiger partial charge >= 0.3 is 0 Å². The van der Waals surface area contributed by atoms with Gasteiger partial charge in [-0.1, -0.05) is 41.6 Å². The van der Waals surface area contributed by atoms with Crippen LogP contribution in [0, 0.1) is 0 Å². The molecule has 0 atom stereocenters. The van der Waals surface area contributed by atoms with E-state index in [0.29, 0.717) is 12.2 Å². The van der Waals surface area contributed by atoms with Crippen molar-refractivity contribution in [2.45, 2.75) is 6.54 Å². The Morgan fingerprint density at radius 3 is 2.58 bits per heavy atom. The maximum atomic E-state index is 12.6.